The summed E-state index contributed by atoms with van der Waals surface area (Å²) in [6, 6.07) is 7.36. The van der Waals surface area contributed by atoms with Crippen molar-refractivity contribution in [1.29, 1.82) is 0 Å². The molecule has 0 aliphatic rings. The smallest absolute Gasteiger partial charge is 0.135 e. The number of aromatic nitrogens is 3. The first-order chi connectivity index (χ1) is 6.90. The number of terminal acetylenes is 1. The van der Waals surface area contributed by atoms with Crippen molar-refractivity contribution in [2.24, 2.45) is 0 Å². The third-order valence-corrected chi connectivity index (χ3v) is 1.79. The molecule has 0 aromatic carbocycles. The summed E-state index contributed by atoms with van der Waals surface area (Å²) in [4.78, 5) is 3.92. The predicted octanol–water partition coefficient (Wildman–Crippen LogP) is 1.52. The molecule has 2 aromatic rings. The minimum atomic E-state index is 0.544. The molecule has 0 fully saturated rings. The second kappa shape index (κ2) is 3.67. The van der Waals surface area contributed by atoms with E-state index in [0.29, 0.717) is 5.69 Å². The monoisotopic (exact) mass is 181 g/mol. The van der Waals surface area contributed by atoms with E-state index in [1.807, 2.05) is 18.2 Å². The molecule has 0 radical (unpaired) electrons. The second-order valence-corrected chi connectivity index (χ2v) is 2.68. The summed E-state index contributed by atoms with van der Waals surface area (Å²) in [5.41, 5.74) is 2.32. The first-order valence-corrected chi connectivity index (χ1v) is 4.11. The van der Waals surface area contributed by atoms with E-state index in [9.17, 15) is 0 Å². The first kappa shape index (κ1) is 8.39. The normalized spacial score (nSPS) is 9.36. The Morgan fingerprint density at radius 1 is 1.00 bits per heavy atom. The van der Waals surface area contributed by atoms with E-state index in [-0.39, 0.29) is 0 Å². The fraction of sp³-hybridized carbons (Fsp3) is 0. The Kier molecular flexibility index (Phi) is 2.20. The lowest BCUT2D eigenvalue weighted by atomic mass is 10.2. The van der Waals surface area contributed by atoms with E-state index >= 15 is 0 Å². The van der Waals surface area contributed by atoms with Gasteiger partial charge in [-0.3, -0.25) is 4.98 Å². The van der Waals surface area contributed by atoms with Crippen molar-refractivity contribution in [2.75, 3.05) is 0 Å². The Morgan fingerprint density at radius 3 is 2.36 bits per heavy atom. The molecule has 0 saturated heterocycles. The van der Waals surface area contributed by atoms with E-state index in [4.69, 9.17) is 6.42 Å². The third-order valence-electron chi connectivity index (χ3n) is 1.79. The lowest BCUT2D eigenvalue weighted by Gasteiger charge is -1.97. The number of nitrogens with zero attached hydrogens (tertiary/aromatic N) is 3. The zero-order valence-corrected chi connectivity index (χ0v) is 7.38. The Labute approximate surface area is 81.8 Å². The molecule has 2 heterocycles. The molecule has 0 N–H and O–H groups in total. The van der Waals surface area contributed by atoms with E-state index in [1.54, 1.807) is 18.5 Å². The van der Waals surface area contributed by atoms with Crippen LogP contribution in [0.4, 0.5) is 0 Å². The number of hydrogen-bond acceptors (Lipinski definition) is 3. The Hall–Kier alpha value is -2.21. The quantitative estimate of drug-likeness (QED) is 0.626. The van der Waals surface area contributed by atoms with Crippen molar-refractivity contribution in [2.45, 2.75) is 0 Å². The maximum atomic E-state index is 5.18. The Balaban J connectivity index is 2.40. The zero-order chi connectivity index (χ0) is 9.80. The standard InChI is InChI=1S/C11H7N3/c1-2-10-3-4-11(14-13-10)9-5-7-12-8-6-9/h1,3-8H. The van der Waals surface area contributed by atoms with Gasteiger partial charge in [0.15, 0.2) is 0 Å². The highest BCUT2D eigenvalue weighted by Gasteiger charge is 1.98. The van der Waals surface area contributed by atoms with Crippen LogP contribution in [0, 0.1) is 12.3 Å². The molecule has 2 rings (SSSR count). The van der Waals surface area contributed by atoms with E-state index in [0.717, 1.165) is 11.3 Å². The van der Waals surface area contributed by atoms with Crippen LogP contribution in [0.3, 0.4) is 0 Å². The molecule has 2 aromatic heterocycles. The van der Waals surface area contributed by atoms with Gasteiger partial charge in [0, 0.05) is 18.0 Å². The third kappa shape index (κ3) is 1.59. The van der Waals surface area contributed by atoms with Gasteiger partial charge in [0.05, 0.1) is 5.69 Å². The van der Waals surface area contributed by atoms with Gasteiger partial charge in [-0.25, -0.2) is 0 Å². The van der Waals surface area contributed by atoms with Gasteiger partial charge < -0.3 is 0 Å². The van der Waals surface area contributed by atoms with E-state index < -0.39 is 0 Å². The average Bonchev–Trinajstić information content (AvgIpc) is 2.30. The number of pyridine rings is 1. The zero-order valence-electron chi connectivity index (χ0n) is 7.38. The van der Waals surface area contributed by atoms with Crippen LogP contribution in [0.15, 0.2) is 36.7 Å². The summed E-state index contributed by atoms with van der Waals surface area (Å²) >= 11 is 0. The molecule has 0 aliphatic heterocycles. The molecule has 3 nitrogen and oxygen atoms in total. The van der Waals surface area contributed by atoms with Gasteiger partial charge in [-0.2, -0.15) is 0 Å². The molecule has 0 aliphatic carbocycles. The summed E-state index contributed by atoms with van der Waals surface area (Å²) in [6.45, 7) is 0. The Morgan fingerprint density at radius 2 is 1.79 bits per heavy atom. The predicted molar refractivity (Wildman–Crippen MR) is 53.2 cm³/mol. The van der Waals surface area contributed by atoms with Gasteiger partial charge in [-0.05, 0) is 30.2 Å². The van der Waals surface area contributed by atoms with Crippen LogP contribution >= 0.6 is 0 Å². The van der Waals surface area contributed by atoms with Gasteiger partial charge in [0.2, 0.25) is 0 Å². The molecule has 0 saturated carbocycles. The van der Waals surface area contributed by atoms with Crippen molar-refractivity contribution < 1.29 is 0 Å². The summed E-state index contributed by atoms with van der Waals surface area (Å²) in [5, 5.41) is 7.87. The van der Waals surface area contributed by atoms with Crippen molar-refractivity contribution in [3.63, 3.8) is 0 Å². The maximum Gasteiger partial charge on any atom is 0.135 e. The summed E-state index contributed by atoms with van der Waals surface area (Å²) in [6.07, 6.45) is 8.60. The lowest BCUT2D eigenvalue weighted by Crippen LogP contribution is -1.90. The summed E-state index contributed by atoms with van der Waals surface area (Å²) < 4.78 is 0. The van der Waals surface area contributed by atoms with Gasteiger partial charge >= 0.3 is 0 Å². The number of rotatable bonds is 1. The number of hydrogen-bond donors (Lipinski definition) is 0. The van der Waals surface area contributed by atoms with Crippen molar-refractivity contribution >= 4 is 0 Å². The van der Waals surface area contributed by atoms with Gasteiger partial charge in [-0.1, -0.05) is 0 Å². The van der Waals surface area contributed by atoms with Crippen molar-refractivity contribution in [1.82, 2.24) is 15.2 Å². The SMILES string of the molecule is C#Cc1ccc(-c2ccncc2)nn1. The van der Waals surface area contributed by atoms with Crippen LogP contribution in [0.25, 0.3) is 11.3 Å². The van der Waals surface area contributed by atoms with Crippen LogP contribution in [0.1, 0.15) is 5.69 Å². The molecule has 0 bridgehead atoms. The molecule has 66 valence electrons. The minimum Gasteiger partial charge on any atom is -0.265 e. The summed E-state index contributed by atoms with van der Waals surface area (Å²) in [5.74, 6) is 2.42. The van der Waals surface area contributed by atoms with Crippen LogP contribution in [0.5, 0.6) is 0 Å². The highest BCUT2D eigenvalue weighted by Crippen LogP contribution is 2.13. The van der Waals surface area contributed by atoms with Gasteiger partial charge in [0.1, 0.15) is 5.69 Å². The molecular weight excluding hydrogens is 174 g/mol. The van der Waals surface area contributed by atoms with Crippen LogP contribution < -0.4 is 0 Å². The van der Waals surface area contributed by atoms with E-state index in [1.165, 1.54) is 0 Å². The highest BCUT2D eigenvalue weighted by atomic mass is 15.1. The molecule has 0 spiro atoms. The Bertz CT molecular complexity index is 454. The highest BCUT2D eigenvalue weighted by molar-refractivity contribution is 5.57. The molecule has 14 heavy (non-hydrogen) atoms. The fourth-order valence-corrected chi connectivity index (χ4v) is 1.09. The van der Waals surface area contributed by atoms with Gasteiger partial charge in [-0.15, -0.1) is 16.6 Å². The second-order valence-electron chi connectivity index (χ2n) is 2.68. The molecule has 3 heteroatoms. The van der Waals surface area contributed by atoms with E-state index in [2.05, 4.69) is 21.1 Å². The average molecular weight is 181 g/mol. The molecule has 0 atom stereocenters. The van der Waals surface area contributed by atoms with Crippen LogP contribution in [-0.4, -0.2) is 15.2 Å². The first-order valence-electron chi connectivity index (χ1n) is 4.11. The molecular formula is C11H7N3. The minimum absolute atomic E-state index is 0.544. The van der Waals surface area contributed by atoms with Crippen LogP contribution in [-0.2, 0) is 0 Å². The topological polar surface area (TPSA) is 38.7 Å². The van der Waals surface area contributed by atoms with Crippen molar-refractivity contribution in [3.8, 4) is 23.6 Å². The van der Waals surface area contributed by atoms with Gasteiger partial charge in [0.25, 0.3) is 0 Å². The molecule has 0 unspecified atom stereocenters. The maximum absolute atomic E-state index is 5.18. The van der Waals surface area contributed by atoms with Crippen molar-refractivity contribution in [3.05, 3.63) is 42.4 Å². The van der Waals surface area contributed by atoms with Crippen LogP contribution in [0.2, 0.25) is 0 Å². The molecule has 0 amide bonds. The largest absolute Gasteiger partial charge is 0.265 e. The summed E-state index contributed by atoms with van der Waals surface area (Å²) in [7, 11) is 0. The lowest BCUT2D eigenvalue weighted by molar-refractivity contribution is 1.02. The fourth-order valence-electron chi connectivity index (χ4n) is 1.09.